The number of fused-ring (bicyclic) bond motifs is 3. The van der Waals surface area contributed by atoms with Gasteiger partial charge in [-0.25, -0.2) is 0 Å². The summed E-state index contributed by atoms with van der Waals surface area (Å²) in [5.74, 6) is 0. The Kier molecular flexibility index (Phi) is 8.55. The highest BCUT2D eigenvalue weighted by atomic mass is 15.1. The van der Waals surface area contributed by atoms with E-state index >= 15 is 0 Å². The highest BCUT2D eigenvalue weighted by Crippen LogP contribution is 2.42. The minimum Gasteiger partial charge on any atom is -0.310 e. The Morgan fingerprint density at radius 1 is 0.315 bits per heavy atom. The third-order valence-corrected chi connectivity index (χ3v) is 10.4. The van der Waals surface area contributed by atoms with Crippen molar-refractivity contribution in [3.05, 3.63) is 218 Å². The van der Waals surface area contributed by atoms with E-state index < -0.39 is 0 Å². The average Bonchev–Trinajstić information content (AvgIpc) is 3.24. The summed E-state index contributed by atoms with van der Waals surface area (Å²) in [5.41, 5.74) is 11.0. The van der Waals surface area contributed by atoms with Crippen LogP contribution in [0.1, 0.15) is 11.1 Å². The zero-order valence-corrected chi connectivity index (χ0v) is 29.9. The van der Waals surface area contributed by atoms with Crippen molar-refractivity contribution in [3.8, 4) is 11.1 Å². The molecular weight excluding hydrogens is 653 g/mol. The van der Waals surface area contributed by atoms with Crippen LogP contribution in [0, 0.1) is 0 Å². The minimum atomic E-state index is 1.05. The first-order chi connectivity index (χ1) is 26.7. The quantitative estimate of drug-likeness (QED) is 0.149. The molecule has 0 amide bonds. The number of rotatable bonds is 9. The van der Waals surface area contributed by atoms with Crippen LogP contribution in [0.5, 0.6) is 0 Å². The topological polar surface area (TPSA) is 6.48 Å². The molecule has 0 fully saturated rings. The molecule has 0 aliphatic carbocycles. The van der Waals surface area contributed by atoms with Crippen molar-refractivity contribution >= 4 is 78.6 Å². The predicted molar refractivity (Wildman–Crippen MR) is 234 cm³/mol. The molecule has 0 aromatic heterocycles. The van der Waals surface area contributed by atoms with Gasteiger partial charge in [-0.1, -0.05) is 159 Å². The van der Waals surface area contributed by atoms with Crippen LogP contribution >= 0.6 is 0 Å². The van der Waals surface area contributed by atoms with Gasteiger partial charge in [-0.15, -0.1) is 0 Å². The molecule has 0 heterocycles. The van der Waals surface area contributed by atoms with E-state index in [0.717, 1.165) is 56.4 Å². The van der Waals surface area contributed by atoms with Crippen LogP contribution in [-0.4, -0.2) is 0 Å². The van der Waals surface area contributed by atoms with Gasteiger partial charge >= 0.3 is 0 Å². The average molecular weight is 691 g/mol. The van der Waals surface area contributed by atoms with E-state index in [1.54, 1.807) is 0 Å². The molecule has 0 saturated heterocycles. The molecule has 0 unspecified atom stereocenters. The minimum absolute atomic E-state index is 1.05. The summed E-state index contributed by atoms with van der Waals surface area (Å²) in [5, 5.41) is 7.26. The fourth-order valence-corrected chi connectivity index (χ4v) is 7.65. The molecule has 0 aliphatic rings. The highest BCUT2D eigenvalue weighted by molar-refractivity contribution is 6.01. The van der Waals surface area contributed by atoms with Gasteiger partial charge in [0.1, 0.15) is 0 Å². The fraction of sp³-hybridized carbons (Fsp3) is 0. The summed E-state index contributed by atoms with van der Waals surface area (Å²) in [6.45, 7) is 8.10. The van der Waals surface area contributed by atoms with Gasteiger partial charge in [-0.05, 0) is 104 Å². The van der Waals surface area contributed by atoms with Crippen LogP contribution in [0.3, 0.4) is 0 Å². The molecule has 0 spiro atoms. The lowest BCUT2D eigenvalue weighted by Gasteiger charge is -2.28. The Labute approximate surface area is 316 Å². The van der Waals surface area contributed by atoms with Crippen LogP contribution < -0.4 is 9.80 Å². The molecule has 9 aromatic carbocycles. The number of nitrogens with zero attached hydrogens (tertiary/aromatic N) is 2. The highest BCUT2D eigenvalue weighted by Gasteiger charge is 2.18. The van der Waals surface area contributed by atoms with Crippen LogP contribution in [-0.2, 0) is 0 Å². The van der Waals surface area contributed by atoms with Crippen molar-refractivity contribution < 1.29 is 0 Å². The first-order valence-electron chi connectivity index (χ1n) is 18.3. The van der Waals surface area contributed by atoms with Crippen LogP contribution in [0.25, 0.3) is 55.6 Å². The van der Waals surface area contributed by atoms with Gasteiger partial charge in [0, 0.05) is 33.5 Å². The molecule has 0 atom stereocenters. The fourth-order valence-electron chi connectivity index (χ4n) is 7.65. The molecule has 0 bridgehead atoms. The molecule has 0 radical (unpaired) electrons. The van der Waals surface area contributed by atoms with Crippen molar-refractivity contribution in [3.63, 3.8) is 0 Å². The van der Waals surface area contributed by atoms with Gasteiger partial charge in [-0.2, -0.15) is 0 Å². The molecule has 9 rings (SSSR count). The van der Waals surface area contributed by atoms with E-state index in [-0.39, 0.29) is 0 Å². The molecule has 0 aliphatic heterocycles. The molecule has 54 heavy (non-hydrogen) atoms. The maximum Gasteiger partial charge on any atom is 0.0540 e. The number of anilines is 6. The van der Waals surface area contributed by atoms with Gasteiger partial charge in [0.05, 0.1) is 11.4 Å². The van der Waals surface area contributed by atoms with Crippen molar-refractivity contribution in [2.75, 3.05) is 9.80 Å². The molecule has 2 nitrogen and oxygen atoms in total. The Bertz CT molecular complexity index is 2800. The van der Waals surface area contributed by atoms with Gasteiger partial charge in [0.25, 0.3) is 0 Å². The normalized spacial score (nSPS) is 11.1. The summed E-state index contributed by atoms with van der Waals surface area (Å²) in [4.78, 5) is 4.71. The van der Waals surface area contributed by atoms with Crippen LogP contribution in [0.4, 0.5) is 34.1 Å². The second-order valence-electron chi connectivity index (χ2n) is 13.5. The number of benzene rings is 9. The standard InChI is InChI=1S/C52H38N2/c1-3-37-23-33-47(35-38(37)4-2)53(51-21-11-17-42-14-7-9-19-49(42)51)45-29-24-40(25-30-45)41-26-31-46(32-27-41)54(48-34-28-39-13-5-6-16-44(39)36-48)52-22-12-18-43-15-8-10-20-50(43)52/h3-36H,1-2H2. The Morgan fingerprint density at radius 3 is 1.28 bits per heavy atom. The number of hydrogen-bond acceptors (Lipinski definition) is 2. The third-order valence-electron chi connectivity index (χ3n) is 10.4. The maximum atomic E-state index is 4.09. The van der Waals surface area contributed by atoms with Gasteiger partial charge in [0.2, 0.25) is 0 Å². The van der Waals surface area contributed by atoms with E-state index in [1.807, 2.05) is 12.2 Å². The molecule has 0 N–H and O–H groups in total. The summed E-state index contributed by atoms with van der Waals surface area (Å²) in [6, 6.07) is 69.8. The zero-order chi connectivity index (χ0) is 36.4. The van der Waals surface area contributed by atoms with Gasteiger partial charge < -0.3 is 9.80 Å². The van der Waals surface area contributed by atoms with E-state index in [1.165, 1.54) is 32.3 Å². The molecule has 0 saturated carbocycles. The van der Waals surface area contributed by atoms with Crippen molar-refractivity contribution in [1.82, 2.24) is 0 Å². The molecule has 2 heteroatoms. The van der Waals surface area contributed by atoms with Crippen molar-refractivity contribution in [2.24, 2.45) is 0 Å². The number of hydrogen-bond donors (Lipinski definition) is 0. The molecule has 9 aromatic rings. The molecule has 256 valence electrons. The second kappa shape index (κ2) is 14.1. The third kappa shape index (κ3) is 6.00. The Morgan fingerprint density at radius 2 is 0.741 bits per heavy atom. The van der Waals surface area contributed by atoms with E-state index in [4.69, 9.17) is 0 Å². The molecular formula is C52H38N2. The predicted octanol–water partition coefficient (Wildman–Crippen LogP) is 15.0. The zero-order valence-electron chi connectivity index (χ0n) is 29.9. The van der Waals surface area contributed by atoms with Gasteiger partial charge in [0.15, 0.2) is 0 Å². The summed E-state index contributed by atoms with van der Waals surface area (Å²) < 4.78 is 0. The Balaban J connectivity index is 1.11. The summed E-state index contributed by atoms with van der Waals surface area (Å²) in [6.07, 6.45) is 3.78. The smallest absolute Gasteiger partial charge is 0.0540 e. The van der Waals surface area contributed by atoms with Gasteiger partial charge in [-0.3, -0.25) is 0 Å². The largest absolute Gasteiger partial charge is 0.310 e. The lowest BCUT2D eigenvalue weighted by molar-refractivity contribution is 1.29. The van der Waals surface area contributed by atoms with E-state index in [0.29, 0.717) is 0 Å². The van der Waals surface area contributed by atoms with Crippen molar-refractivity contribution in [1.29, 1.82) is 0 Å². The van der Waals surface area contributed by atoms with Crippen LogP contribution in [0.15, 0.2) is 207 Å². The maximum absolute atomic E-state index is 4.09. The summed E-state index contributed by atoms with van der Waals surface area (Å²) in [7, 11) is 0. The lowest BCUT2D eigenvalue weighted by Crippen LogP contribution is -2.11. The lowest BCUT2D eigenvalue weighted by atomic mass is 10.0. The first kappa shape index (κ1) is 32.7. The van der Waals surface area contributed by atoms with E-state index in [9.17, 15) is 0 Å². The first-order valence-corrected chi connectivity index (χ1v) is 18.3. The monoisotopic (exact) mass is 690 g/mol. The van der Waals surface area contributed by atoms with Crippen LogP contribution in [0.2, 0.25) is 0 Å². The van der Waals surface area contributed by atoms with E-state index in [2.05, 4.69) is 217 Å². The van der Waals surface area contributed by atoms with Crippen molar-refractivity contribution in [2.45, 2.75) is 0 Å². The SMILES string of the molecule is C=Cc1ccc(N(c2ccc(-c3ccc(N(c4ccc5ccccc5c4)c4cccc5ccccc45)cc3)cc2)c2cccc3ccccc23)cc1C=C. The second-order valence-corrected chi connectivity index (χ2v) is 13.5. The summed E-state index contributed by atoms with van der Waals surface area (Å²) >= 11 is 0. The Hall–Kier alpha value is -7.16.